The fourth-order valence-corrected chi connectivity index (χ4v) is 4.21. The van der Waals surface area contributed by atoms with Gasteiger partial charge < -0.3 is 9.84 Å². The number of rotatable bonds is 7. The topological polar surface area (TPSA) is 89.4 Å². The third kappa shape index (κ3) is 2.81. The molecule has 0 bridgehead atoms. The van der Waals surface area contributed by atoms with Crippen LogP contribution in [0.25, 0.3) is 22.3 Å². The van der Waals surface area contributed by atoms with E-state index < -0.39 is 11.4 Å². The van der Waals surface area contributed by atoms with Gasteiger partial charge in [-0.05, 0) is 37.0 Å². The zero-order valence-corrected chi connectivity index (χ0v) is 15.5. The fraction of sp³-hybridized carbons (Fsp3) is 0.273. The van der Waals surface area contributed by atoms with Gasteiger partial charge in [-0.25, -0.2) is 9.97 Å². The number of carbonyl (C=O) groups is 2. The zero-order chi connectivity index (χ0) is 19.7. The Bertz CT molecular complexity index is 1080. The number of carboxylic acid groups (broad SMARTS) is 1. The monoisotopic (exact) mass is 376 g/mol. The smallest absolute Gasteiger partial charge is 0.303 e. The van der Waals surface area contributed by atoms with Gasteiger partial charge in [-0.2, -0.15) is 0 Å². The molecule has 1 aliphatic carbocycles. The molecule has 6 heteroatoms. The van der Waals surface area contributed by atoms with Crippen molar-refractivity contribution in [3.05, 3.63) is 59.3 Å². The van der Waals surface area contributed by atoms with Gasteiger partial charge in [0.1, 0.15) is 0 Å². The van der Waals surface area contributed by atoms with Gasteiger partial charge >= 0.3 is 5.97 Å². The highest BCUT2D eigenvalue weighted by Crippen LogP contribution is 2.52. The van der Waals surface area contributed by atoms with Gasteiger partial charge in [0.15, 0.2) is 0 Å². The lowest BCUT2D eigenvalue weighted by Gasteiger charge is -2.30. The summed E-state index contributed by atoms with van der Waals surface area (Å²) in [6.07, 6.45) is 0.804. The first kappa shape index (κ1) is 18.1. The average Bonchev–Trinajstić information content (AvgIpc) is 2.96. The van der Waals surface area contributed by atoms with Crippen molar-refractivity contribution in [1.82, 2.24) is 9.97 Å². The Balaban J connectivity index is 1.97. The standard InChI is InChI=1S/C22H20N2O4/c1-14-5-4-8-17-19(14)24-21-20(23-17)15-6-2-3-7-16(15)22(21,10-9-18(26)27)11-12-28-13-25/h2-8,13H,9-12H2,1H3,(H,26,27). The van der Waals surface area contributed by atoms with E-state index in [1.165, 1.54) is 0 Å². The van der Waals surface area contributed by atoms with Crippen molar-refractivity contribution in [1.29, 1.82) is 0 Å². The maximum Gasteiger partial charge on any atom is 0.303 e. The van der Waals surface area contributed by atoms with Gasteiger partial charge in [0.2, 0.25) is 0 Å². The van der Waals surface area contributed by atoms with Crippen molar-refractivity contribution in [3.8, 4) is 11.3 Å². The molecule has 0 aliphatic heterocycles. The van der Waals surface area contributed by atoms with Gasteiger partial charge in [-0.1, -0.05) is 36.4 Å². The van der Waals surface area contributed by atoms with Gasteiger partial charge in [0, 0.05) is 17.4 Å². The third-order valence-electron chi connectivity index (χ3n) is 5.53. The average molecular weight is 376 g/mol. The Labute approximate surface area is 162 Å². The molecule has 1 N–H and O–H groups in total. The molecule has 0 radical (unpaired) electrons. The maximum atomic E-state index is 11.4. The molecule has 1 aliphatic rings. The highest BCUT2D eigenvalue weighted by atomic mass is 16.5. The predicted octanol–water partition coefficient (Wildman–Crippen LogP) is 3.63. The molecule has 1 atom stereocenters. The van der Waals surface area contributed by atoms with E-state index >= 15 is 0 Å². The number of ether oxygens (including phenoxy) is 1. The lowest BCUT2D eigenvalue weighted by Crippen LogP contribution is -2.29. The van der Waals surface area contributed by atoms with E-state index in [0.29, 0.717) is 19.3 Å². The minimum atomic E-state index is -0.869. The Morgan fingerprint density at radius 3 is 2.75 bits per heavy atom. The first-order valence-corrected chi connectivity index (χ1v) is 9.21. The summed E-state index contributed by atoms with van der Waals surface area (Å²) in [6, 6.07) is 13.7. The summed E-state index contributed by atoms with van der Waals surface area (Å²) in [5.41, 5.74) is 5.49. The van der Waals surface area contributed by atoms with E-state index in [-0.39, 0.29) is 13.0 Å². The number of aliphatic carboxylic acids is 1. The van der Waals surface area contributed by atoms with Crippen LogP contribution in [-0.4, -0.2) is 34.1 Å². The quantitative estimate of drug-likeness (QED) is 0.500. The maximum absolute atomic E-state index is 11.4. The number of para-hydroxylation sites is 1. The molecule has 0 saturated carbocycles. The highest BCUT2D eigenvalue weighted by molar-refractivity contribution is 5.86. The molecular weight excluding hydrogens is 356 g/mol. The van der Waals surface area contributed by atoms with Crippen molar-refractivity contribution in [3.63, 3.8) is 0 Å². The molecule has 142 valence electrons. The first-order valence-electron chi connectivity index (χ1n) is 9.21. The second-order valence-corrected chi connectivity index (χ2v) is 7.10. The number of hydrogen-bond acceptors (Lipinski definition) is 5. The van der Waals surface area contributed by atoms with Crippen molar-refractivity contribution in [2.24, 2.45) is 0 Å². The Morgan fingerprint density at radius 1 is 1.14 bits per heavy atom. The van der Waals surface area contributed by atoms with Gasteiger partial charge in [-0.15, -0.1) is 0 Å². The van der Waals surface area contributed by atoms with Crippen molar-refractivity contribution < 1.29 is 19.4 Å². The van der Waals surface area contributed by atoms with Crippen molar-refractivity contribution in [2.45, 2.75) is 31.6 Å². The number of benzene rings is 2. The summed E-state index contributed by atoms with van der Waals surface area (Å²) in [5, 5.41) is 9.35. The predicted molar refractivity (Wildman–Crippen MR) is 104 cm³/mol. The van der Waals surface area contributed by atoms with E-state index in [2.05, 4.69) is 0 Å². The molecule has 0 amide bonds. The number of aromatic nitrogens is 2. The van der Waals surface area contributed by atoms with Gasteiger partial charge in [-0.3, -0.25) is 9.59 Å². The van der Waals surface area contributed by atoms with E-state index in [1.807, 2.05) is 49.4 Å². The number of carbonyl (C=O) groups excluding carboxylic acids is 1. The normalized spacial score (nSPS) is 17.2. The Kier molecular flexibility index (Phi) is 4.55. The van der Waals surface area contributed by atoms with Crippen LogP contribution >= 0.6 is 0 Å². The molecule has 0 spiro atoms. The summed E-state index contributed by atoms with van der Waals surface area (Å²) in [5.74, 6) is -0.869. The summed E-state index contributed by atoms with van der Waals surface area (Å²) >= 11 is 0. The lowest BCUT2D eigenvalue weighted by molar-refractivity contribution is -0.137. The molecule has 0 fully saturated rings. The van der Waals surface area contributed by atoms with Crippen LogP contribution in [0.1, 0.15) is 36.1 Å². The van der Waals surface area contributed by atoms with Crippen LogP contribution in [0.5, 0.6) is 0 Å². The van der Waals surface area contributed by atoms with Crippen LogP contribution in [0, 0.1) is 6.92 Å². The molecule has 4 rings (SSSR count). The van der Waals surface area contributed by atoms with Gasteiger partial charge in [0.05, 0.1) is 29.0 Å². The van der Waals surface area contributed by atoms with E-state index in [9.17, 15) is 14.7 Å². The van der Waals surface area contributed by atoms with Crippen LogP contribution in [0.2, 0.25) is 0 Å². The van der Waals surface area contributed by atoms with Crippen LogP contribution < -0.4 is 0 Å². The minimum Gasteiger partial charge on any atom is -0.481 e. The lowest BCUT2D eigenvalue weighted by atomic mass is 9.74. The van der Waals surface area contributed by atoms with Crippen LogP contribution in [0.3, 0.4) is 0 Å². The van der Waals surface area contributed by atoms with Crippen LogP contribution in [-0.2, 0) is 19.7 Å². The summed E-state index contributed by atoms with van der Waals surface area (Å²) in [7, 11) is 0. The molecule has 28 heavy (non-hydrogen) atoms. The third-order valence-corrected chi connectivity index (χ3v) is 5.53. The molecular formula is C22H20N2O4. The number of aryl methyl sites for hydroxylation is 1. The van der Waals surface area contributed by atoms with Crippen LogP contribution in [0.4, 0.5) is 0 Å². The highest BCUT2D eigenvalue weighted by Gasteiger charge is 2.45. The molecule has 2 aromatic carbocycles. The molecule has 0 saturated heterocycles. The SMILES string of the molecule is Cc1cccc2nc3c(nc12)C(CCOC=O)(CCC(=O)O)c1ccccc1-3. The largest absolute Gasteiger partial charge is 0.481 e. The Hall–Kier alpha value is -3.28. The zero-order valence-electron chi connectivity index (χ0n) is 15.5. The number of fused-ring (bicyclic) bond motifs is 4. The first-order chi connectivity index (χ1) is 13.6. The molecule has 1 aromatic heterocycles. The second kappa shape index (κ2) is 7.03. The fourth-order valence-electron chi connectivity index (χ4n) is 4.21. The van der Waals surface area contributed by atoms with Crippen LogP contribution in [0.15, 0.2) is 42.5 Å². The van der Waals surface area contributed by atoms with E-state index in [1.54, 1.807) is 0 Å². The Morgan fingerprint density at radius 2 is 1.96 bits per heavy atom. The van der Waals surface area contributed by atoms with E-state index in [4.69, 9.17) is 14.7 Å². The molecule has 6 nitrogen and oxygen atoms in total. The van der Waals surface area contributed by atoms with E-state index in [0.717, 1.165) is 39.1 Å². The molecule has 3 aromatic rings. The number of nitrogens with zero attached hydrogens (tertiary/aromatic N) is 2. The molecule has 1 unspecified atom stereocenters. The second-order valence-electron chi connectivity index (χ2n) is 7.10. The minimum absolute atomic E-state index is 0.0116. The summed E-state index contributed by atoms with van der Waals surface area (Å²) in [4.78, 5) is 32.0. The number of carboxylic acids is 1. The summed E-state index contributed by atoms with van der Waals surface area (Å²) in [6.45, 7) is 2.59. The van der Waals surface area contributed by atoms with Gasteiger partial charge in [0.25, 0.3) is 6.47 Å². The number of hydrogen-bond donors (Lipinski definition) is 1. The molecule has 1 heterocycles. The van der Waals surface area contributed by atoms with Crippen molar-refractivity contribution in [2.75, 3.05) is 6.61 Å². The summed E-state index contributed by atoms with van der Waals surface area (Å²) < 4.78 is 4.99. The van der Waals surface area contributed by atoms with Crippen molar-refractivity contribution >= 4 is 23.5 Å².